The van der Waals surface area contributed by atoms with Gasteiger partial charge in [0.1, 0.15) is 5.75 Å². The third kappa shape index (κ3) is 6.19. The zero-order chi connectivity index (χ0) is 22.6. The Morgan fingerprint density at radius 2 is 1.74 bits per heavy atom. The molecule has 1 heterocycles. The van der Waals surface area contributed by atoms with Crippen LogP contribution in [0.3, 0.4) is 0 Å². The van der Waals surface area contributed by atoms with Gasteiger partial charge in [0.2, 0.25) is 10.0 Å². The Morgan fingerprint density at radius 1 is 1.10 bits per heavy atom. The third-order valence-electron chi connectivity index (χ3n) is 4.44. The number of ether oxygens (including phenoxy) is 2. The van der Waals surface area contributed by atoms with Gasteiger partial charge in [-0.2, -0.15) is 0 Å². The molecular formula is C18H18Cl3N3O6S. The van der Waals surface area contributed by atoms with Crippen LogP contribution in [0.15, 0.2) is 35.2 Å². The fraction of sp³-hybridized carbons (Fsp3) is 0.333. The minimum absolute atomic E-state index is 0.0219. The SMILES string of the molecule is O=[N+]([O-])c1ccc(Oc2c(Cl)cc(S(=O)(=O)NCCN3CCOCC3)cc2Cl)c(Cl)c1. The van der Waals surface area contributed by atoms with Gasteiger partial charge in [-0.1, -0.05) is 34.8 Å². The van der Waals surface area contributed by atoms with E-state index in [4.69, 9.17) is 44.3 Å². The van der Waals surface area contributed by atoms with Crippen molar-refractivity contribution in [3.05, 3.63) is 55.5 Å². The van der Waals surface area contributed by atoms with Gasteiger partial charge in [-0.25, -0.2) is 13.1 Å². The van der Waals surface area contributed by atoms with Gasteiger partial charge < -0.3 is 9.47 Å². The highest BCUT2D eigenvalue weighted by atomic mass is 35.5. The molecule has 1 aliphatic rings. The predicted molar refractivity (Wildman–Crippen MR) is 117 cm³/mol. The highest BCUT2D eigenvalue weighted by Gasteiger charge is 2.21. The first kappa shape index (κ1) is 24.0. The molecule has 1 aliphatic heterocycles. The first-order chi connectivity index (χ1) is 14.7. The van der Waals surface area contributed by atoms with Crippen LogP contribution < -0.4 is 9.46 Å². The minimum atomic E-state index is -3.85. The summed E-state index contributed by atoms with van der Waals surface area (Å²) in [7, 11) is -3.85. The Kier molecular flexibility index (Phi) is 7.98. The van der Waals surface area contributed by atoms with E-state index in [1.54, 1.807) is 0 Å². The number of nitro groups is 1. The molecule has 0 unspecified atom stereocenters. The molecule has 0 radical (unpaired) electrons. The van der Waals surface area contributed by atoms with Gasteiger partial charge in [0, 0.05) is 38.3 Å². The summed E-state index contributed by atoms with van der Waals surface area (Å²) in [5.41, 5.74) is -0.209. The van der Waals surface area contributed by atoms with Crippen molar-refractivity contribution in [2.45, 2.75) is 4.90 Å². The van der Waals surface area contributed by atoms with Crippen molar-refractivity contribution in [2.75, 3.05) is 39.4 Å². The number of nitrogens with one attached hydrogen (secondary N) is 1. The van der Waals surface area contributed by atoms with Crippen molar-refractivity contribution in [1.82, 2.24) is 9.62 Å². The van der Waals surface area contributed by atoms with Crippen LogP contribution in [-0.2, 0) is 14.8 Å². The van der Waals surface area contributed by atoms with Crippen molar-refractivity contribution in [2.24, 2.45) is 0 Å². The van der Waals surface area contributed by atoms with E-state index >= 15 is 0 Å². The first-order valence-electron chi connectivity index (χ1n) is 9.08. The average Bonchev–Trinajstić information content (AvgIpc) is 2.72. The molecule has 0 saturated carbocycles. The fourth-order valence-corrected chi connectivity index (χ4v) is 4.81. The van der Waals surface area contributed by atoms with E-state index in [1.165, 1.54) is 24.3 Å². The number of non-ortho nitro benzene ring substituents is 1. The van der Waals surface area contributed by atoms with Crippen molar-refractivity contribution >= 4 is 50.5 Å². The maximum absolute atomic E-state index is 12.6. The lowest BCUT2D eigenvalue weighted by Gasteiger charge is -2.26. The second kappa shape index (κ2) is 10.3. The molecule has 1 N–H and O–H groups in total. The molecule has 31 heavy (non-hydrogen) atoms. The summed E-state index contributed by atoms with van der Waals surface area (Å²) in [6.07, 6.45) is 0. The molecule has 13 heteroatoms. The molecule has 0 bridgehead atoms. The van der Waals surface area contributed by atoms with E-state index in [0.717, 1.165) is 19.2 Å². The van der Waals surface area contributed by atoms with Gasteiger partial charge in [0.25, 0.3) is 5.69 Å². The number of nitrogens with zero attached hydrogens (tertiary/aromatic N) is 2. The van der Waals surface area contributed by atoms with E-state index in [2.05, 4.69) is 9.62 Å². The molecule has 1 saturated heterocycles. The lowest BCUT2D eigenvalue weighted by Crippen LogP contribution is -2.41. The summed E-state index contributed by atoms with van der Waals surface area (Å²) in [6, 6.07) is 6.04. The number of nitro benzene ring substituents is 1. The van der Waals surface area contributed by atoms with Crippen LogP contribution in [0, 0.1) is 10.1 Å². The lowest BCUT2D eigenvalue weighted by atomic mass is 10.3. The van der Waals surface area contributed by atoms with Crippen molar-refractivity contribution in [3.63, 3.8) is 0 Å². The number of rotatable bonds is 8. The molecular weight excluding hydrogens is 493 g/mol. The van der Waals surface area contributed by atoms with Crippen LogP contribution in [-0.4, -0.2) is 57.6 Å². The highest BCUT2D eigenvalue weighted by Crippen LogP contribution is 2.41. The molecule has 2 aromatic rings. The lowest BCUT2D eigenvalue weighted by molar-refractivity contribution is -0.384. The van der Waals surface area contributed by atoms with Crippen molar-refractivity contribution in [1.29, 1.82) is 0 Å². The molecule has 0 atom stereocenters. The van der Waals surface area contributed by atoms with Crippen LogP contribution in [0.4, 0.5) is 5.69 Å². The van der Waals surface area contributed by atoms with Crippen LogP contribution in [0.1, 0.15) is 0 Å². The topological polar surface area (TPSA) is 111 Å². The Morgan fingerprint density at radius 3 is 2.32 bits per heavy atom. The summed E-state index contributed by atoms with van der Waals surface area (Å²) in [5.74, 6) is 0.0571. The van der Waals surface area contributed by atoms with E-state index in [-0.39, 0.29) is 43.7 Å². The zero-order valence-corrected chi connectivity index (χ0v) is 19.1. The van der Waals surface area contributed by atoms with Crippen LogP contribution >= 0.6 is 34.8 Å². The van der Waals surface area contributed by atoms with Gasteiger partial charge in [0.15, 0.2) is 5.75 Å². The summed E-state index contributed by atoms with van der Waals surface area (Å²) < 4.78 is 38.6. The molecule has 0 amide bonds. The van der Waals surface area contributed by atoms with Gasteiger partial charge in [-0.15, -0.1) is 0 Å². The standard InChI is InChI=1S/C18H18Cl3N3O6S/c19-14-9-12(24(25)26)1-2-17(14)30-18-15(20)10-13(11-16(18)21)31(27,28)22-3-4-23-5-7-29-8-6-23/h1-2,9-11,22H,3-8H2. The van der Waals surface area contributed by atoms with Gasteiger partial charge in [0.05, 0.1) is 38.1 Å². The number of hydrogen-bond acceptors (Lipinski definition) is 7. The predicted octanol–water partition coefficient (Wildman–Crippen LogP) is 3.96. The first-order valence-corrected chi connectivity index (χ1v) is 11.7. The Balaban J connectivity index is 1.72. The van der Waals surface area contributed by atoms with Crippen molar-refractivity contribution in [3.8, 4) is 11.5 Å². The zero-order valence-electron chi connectivity index (χ0n) is 16.0. The van der Waals surface area contributed by atoms with Crippen LogP contribution in [0.5, 0.6) is 11.5 Å². The van der Waals surface area contributed by atoms with Crippen LogP contribution in [0.25, 0.3) is 0 Å². The number of halogens is 3. The van der Waals surface area contributed by atoms with Crippen LogP contribution in [0.2, 0.25) is 15.1 Å². The van der Waals surface area contributed by atoms with E-state index < -0.39 is 14.9 Å². The maximum atomic E-state index is 12.6. The molecule has 9 nitrogen and oxygen atoms in total. The van der Waals surface area contributed by atoms with E-state index in [9.17, 15) is 18.5 Å². The second-order valence-corrected chi connectivity index (χ2v) is 9.53. The van der Waals surface area contributed by atoms with Gasteiger partial charge in [-0.3, -0.25) is 15.0 Å². The molecule has 2 aromatic carbocycles. The second-order valence-electron chi connectivity index (χ2n) is 6.54. The summed E-state index contributed by atoms with van der Waals surface area (Å²) in [5, 5.41) is 10.7. The molecule has 0 aromatic heterocycles. The van der Waals surface area contributed by atoms with Gasteiger partial charge in [-0.05, 0) is 18.2 Å². The molecule has 0 spiro atoms. The average molecular weight is 511 g/mol. The Bertz CT molecular complexity index is 1050. The highest BCUT2D eigenvalue weighted by molar-refractivity contribution is 7.89. The fourth-order valence-electron chi connectivity index (χ4n) is 2.83. The van der Waals surface area contributed by atoms with Gasteiger partial charge >= 0.3 is 0 Å². The maximum Gasteiger partial charge on any atom is 0.271 e. The quantitative estimate of drug-likeness (QED) is 0.423. The molecule has 168 valence electrons. The van der Waals surface area contributed by atoms with Crippen molar-refractivity contribution < 1.29 is 22.8 Å². The molecule has 1 fully saturated rings. The number of morpholine rings is 1. The third-order valence-corrected chi connectivity index (χ3v) is 6.74. The summed E-state index contributed by atoms with van der Waals surface area (Å²) >= 11 is 18.4. The molecule has 3 rings (SSSR count). The summed E-state index contributed by atoms with van der Waals surface area (Å²) in [6.45, 7) is 3.50. The largest absolute Gasteiger partial charge is 0.453 e. The monoisotopic (exact) mass is 509 g/mol. The number of benzene rings is 2. The molecule has 0 aliphatic carbocycles. The van der Waals surface area contributed by atoms with E-state index in [0.29, 0.717) is 19.8 Å². The number of hydrogen-bond donors (Lipinski definition) is 1. The number of sulfonamides is 1. The minimum Gasteiger partial charge on any atom is -0.453 e. The Hall–Kier alpha value is -1.66. The van der Waals surface area contributed by atoms with E-state index in [1.807, 2.05) is 0 Å². The smallest absolute Gasteiger partial charge is 0.271 e. The summed E-state index contributed by atoms with van der Waals surface area (Å²) in [4.78, 5) is 12.2. The normalized spacial score (nSPS) is 15.1. The Labute approximate surface area is 194 Å².